The Morgan fingerprint density at radius 3 is 2.52 bits per heavy atom. The molecule has 21 heavy (non-hydrogen) atoms. The van der Waals surface area contributed by atoms with Gasteiger partial charge in [0.05, 0.1) is 0 Å². The number of hydrogen-bond acceptors (Lipinski definition) is 3. The van der Waals surface area contributed by atoms with Crippen LogP contribution in [0.15, 0.2) is 30.6 Å². The van der Waals surface area contributed by atoms with Crippen LogP contribution in [-0.4, -0.2) is 58.1 Å². The molecule has 0 atom stereocenters. The maximum Gasteiger partial charge on any atom is 0.407 e. The van der Waals surface area contributed by atoms with E-state index in [2.05, 4.69) is 4.98 Å². The van der Waals surface area contributed by atoms with Crippen LogP contribution < -0.4 is 0 Å². The van der Waals surface area contributed by atoms with E-state index in [4.69, 9.17) is 5.11 Å². The van der Waals surface area contributed by atoms with Crippen LogP contribution in [0.2, 0.25) is 0 Å². The maximum atomic E-state index is 12.1. The predicted octanol–water partition coefficient (Wildman–Crippen LogP) is 1.70. The third-order valence-corrected chi connectivity index (χ3v) is 3.75. The predicted molar refractivity (Wildman–Crippen MR) is 78.7 cm³/mol. The monoisotopic (exact) mass is 289 g/mol. The quantitative estimate of drug-likeness (QED) is 0.859. The number of amides is 2. The van der Waals surface area contributed by atoms with Gasteiger partial charge in [0.15, 0.2) is 0 Å². The van der Waals surface area contributed by atoms with Gasteiger partial charge in [0.25, 0.3) is 0 Å². The zero-order valence-electron chi connectivity index (χ0n) is 12.0. The number of hydrogen-bond donors (Lipinski definition) is 1. The summed E-state index contributed by atoms with van der Waals surface area (Å²) in [4.78, 5) is 30.0. The first-order valence-corrected chi connectivity index (χ1v) is 6.90. The molecule has 2 rings (SSSR count). The molecule has 1 aromatic heterocycles. The van der Waals surface area contributed by atoms with Crippen molar-refractivity contribution in [3.05, 3.63) is 36.2 Å². The van der Waals surface area contributed by atoms with Gasteiger partial charge in [0, 0.05) is 44.6 Å². The first-order chi connectivity index (χ1) is 10.1. The molecule has 0 spiro atoms. The number of likely N-dealkylation sites (N-methyl/N-ethyl adjacent to an activating group) is 1. The van der Waals surface area contributed by atoms with Crippen LogP contribution in [0.5, 0.6) is 0 Å². The fraction of sp³-hybridized carbons (Fsp3) is 0.400. The van der Waals surface area contributed by atoms with Crippen LogP contribution in [0.4, 0.5) is 4.79 Å². The number of carbonyl (C=O) groups excluding carboxylic acids is 1. The molecule has 1 aliphatic heterocycles. The van der Waals surface area contributed by atoms with Crippen molar-refractivity contribution in [3.63, 3.8) is 0 Å². The van der Waals surface area contributed by atoms with E-state index in [1.54, 1.807) is 36.5 Å². The number of rotatable bonds is 3. The van der Waals surface area contributed by atoms with E-state index >= 15 is 0 Å². The lowest BCUT2D eigenvalue weighted by atomic mass is 10.0. The summed E-state index contributed by atoms with van der Waals surface area (Å²) in [5.41, 5.74) is 0.924. The lowest BCUT2D eigenvalue weighted by Crippen LogP contribution is -2.46. The molecule has 2 heterocycles. The fourth-order valence-electron chi connectivity index (χ4n) is 2.38. The molecule has 0 aromatic carbocycles. The van der Waals surface area contributed by atoms with Gasteiger partial charge in [-0.15, -0.1) is 0 Å². The Hall–Kier alpha value is -2.37. The molecule has 0 aliphatic carbocycles. The molecule has 1 fully saturated rings. The molecule has 0 radical (unpaired) electrons. The summed E-state index contributed by atoms with van der Waals surface area (Å²) in [6.45, 7) is 0.956. The fourth-order valence-corrected chi connectivity index (χ4v) is 2.38. The van der Waals surface area contributed by atoms with Gasteiger partial charge in [0.1, 0.15) is 0 Å². The van der Waals surface area contributed by atoms with Crippen LogP contribution in [0.25, 0.3) is 6.08 Å². The SMILES string of the molecule is CN(C(=O)/C=C/c1ccncc1)C1CCN(C(=O)O)CC1. The molecule has 6 heteroatoms. The minimum absolute atomic E-state index is 0.0689. The second kappa shape index (κ2) is 6.88. The van der Waals surface area contributed by atoms with Gasteiger partial charge in [-0.1, -0.05) is 0 Å². The van der Waals surface area contributed by atoms with Crippen molar-refractivity contribution in [1.29, 1.82) is 0 Å². The van der Waals surface area contributed by atoms with E-state index in [0.29, 0.717) is 25.9 Å². The van der Waals surface area contributed by atoms with Crippen LogP contribution in [0.3, 0.4) is 0 Å². The summed E-state index contributed by atoms with van der Waals surface area (Å²) >= 11 is 0. The number of piperidine rings is 1. The van der Waals surface area contributed by atoms with Gasteiger partial charge in [0.2, 0.25) is 5.91 Å². The highest BCUT2D eigenvalue weighted by molar-refractivity contribution is 5.91. The molecule has 1 saturated heterocycles. The first-order valence-electron chi connectivity index (χ1n) is 6.90. The molecule has 0 saturated carbocycles. The van der Waals surface area contributed by atoms with Crippen LogP contribution in [-0.2, 0) is 4.79 Å². The average Bonchev–Trinajstić information content (AvgIpc) is 2.53. The lowest BCUT2D eigenvalue weighted by molar-refractivity contribution is -0.127. The number of likely N-dealkylation sites (tertiary alicyclic amines) is 1. The third kappa shape index (κ3) is 4.05. The van der Waals surface area contributed by atoms with E-state index in [-0.39, 0.29) is 11.9 Å². The first kappa shape index (κ1) is 15.0. The van der Waals surface area contributed by atoms with Crippen molar-refractivity contribution in [2.75, 3.05) is 20.1 Å². The van der Waals surface area contributed by atoms with Crippen molar-refractivity contribution in [1.82, 2.24) is 14.8 Å². The highest BCUT2D eigenvalue weighted by atomic mass is 16.4. The summed E-state index contributed by atoms with van der Waals surface area (Å²) in [6.07, 6.45) is 7.12. The normalized spacial score (nSPS) is 16.1. The van der Waals surface area contributed by atoms with Crippen LogP contribution in [0, 0.1) is 0 Å². The summed E-state index contributed by atoms with van der Waals surface area (Å²) in [6, 6.07) is 3.75. The highest BCUT2D eigenvalue weighted by Gasteiger charge is 2.26. The van der Waals surface area contributed by atoms with Gasteiger partial charge < -0.3 is 14.9 Å². The van der Waals surface area contributed by atoms with Crippen LogP contribution in [0.1, 0.15) is 18.4 Å². The zero-order valence-corrected chi connectivity index (χ0v) is 12.0. The standard InChI is InChI=1S/C15H19N3O3/c1-17(13-6-10-18(11-7-13)15(20)21)14(19)3-2-12-4-8-16-9-5-12/h2-5,8-9,13H,6-7,10-11H2,1H3,(H,20,21)/b3-2+. The molecule has 2 amide bonds. The molecule has 0 unspecified atom stereocenters. The maximum absolute atomic E-state index is 12.1. The van der Waals surface area contributed by atoms with E-state index < -0.39 is 6.09 Å². The molecule has 6 nitrogen and oxygen atoms in total. The van der Waals surface area contributed by atoms with Crippen molar-refractivity contribution in [3.8, 4) is 0 Å². The van der Waals surface area contributed by atoms with Gasteiger partial charge in [-0.05, 0) is 36.6 Å². The van der Waals surface area contributed by atoms with Crippen molar-refractivity contribution < 1.29 is 14.7 Å². The average molecular weight is 289 g/mol. The molecule has 1 N–H and O–H groups in total. The van der Waals surface area contributed by atoms with E-state index in [0.717, 1.165) is 5.56 Å². The zero-order chi connectivity index (χ0) is 15.2. The van der Waals surface area contributed by atoms with Gasteiger partial charge in [-0.25, -0.2) is 4.79 Å². The number of aromatic nitrogens is 1. The van der Waals surface area contributed by atoms with Gasteiger partial charge in [-0.3, -0.25) is 9.78 Å². The van der Waals surface area contributed by atoms with E-state index in [1.807, 2.05) is 12.1 Å². The Morgan fingerprint density at radius 2 is 1.95 bits per heavy atom. The summed E-state index contributed by atoms with van der Waals surface area (Å²) in [5.74, 6) is -0.0689. The Bertz CT molecular complexity index is 522. The number of nitrogens with zero attached hydrogens (tertiary/aromatic N) is 3. The van der Waals surface area contributed by atoms with Gasteiger partial charge >= 0.3 is 6.09 Å². The lowest BCUT2D eigenvalue weighted by Gasteiger charge is -2.35. The minimum atomic E-state index is -0.889. The van der Waals surface area contributed by atoms with E-state index in [9.17, 15) is 9.59 Å². The molecular weight excluding hydrogens is 270 g/mol. The molecule has 1 aliphatic rings. The Morgan fingerprint density at radius 1 is 1.33 bits per heavy atom. The van der Waals surface area contributed by atoms with Crippen LogP contribution >= 0.6 is 0 Å². The van der Waals surface area contributed by atoms with Crippen molar-refractivity contribution in [2.45, 2.75) is 18.9 Å². The van der Waals surface area contributed by atoms with Crippen molar-refractivity contribution >= 4 is 18.1 Å². The second-order valence-corrected chi connectivity index (χ2v) is 5.06. The van der Waals surface area contributed by atoms with Crippen molar-refractivity contribution in [2.24, 2.45) is 0 Å². The molecular formula is C15H19N3O3. The number of carboxylic acid groups (broad SMARTS) is 1. The Kier molecular flexibility index (Phi) is 4.92. The Balaban J connectivity index is 1.88. The van der Waals surface area contributed by atoms with Gasteiger partial charge in [-0.2, -0.15) is 0 Å². The van der Waals surface area contributed by atoms with E-state index in [1.165, 1.54) is 4.90 Å². The Labute approximate surface area is 123 Å². The summed E-state index contributed by atoms with van der Waals surface area (Å²) < 4.78 is 0. The third-order valence-electron chi connectivity index (χ3n) is 3.75. The number of carbonyl (C=O) groups is 2. The second-order valence-electron chi connectivity index (χ2n) is 5.06. The molecule has 112 valence electrons. The number of pyridine rings is 1. The largest absolute Gasteiger partial charge is 0.465 e. The highest BCUT2D eigenvalue weighted by Crippen LogP contribution is 2.16. The topological polar surface area (TPSA) is 73.7 Å². The summed E-state index contributed by atoms with van der Waals surface area (Å²) in [5, 5.41) is 8.91. The minimum Gasteiger partial charge on any atom is -0.465 e. The molecule has 1 aromatic rings. The smallest absolute Gasteiger partial charge is 0.407 e. The summed E-state index contributed by atoms with van der Waals surface area (Å²) in [7, 11) is 1.76. The molecule has 0 bridgehead atoms.